The molecule has 3 aliphatic heterocycles. The quantitative estimate of drug-likeness (QED) is 0.346. The van der Waals surface area contributed by atoms with Crippen molar-refractivity contribution in [1.29, 1.82) is 5.41 Å². The lowest BCUT2D eigenvalue weighted by Gasteiger charge is -2.36. The third-order valence-corrected chi connectivity index (χ3v) is 7.70. The van der Waals surface area contributed by atoms with Crippen LogP contribution in [0, 0.1) is 5.41 Å². The smallest absolute Gasteiger partial charge is 0.258 e. The van der Waals surface area contributed by atoms with E-state index in [4.69, 9.17) is 10.4 Å². The molecule has 3 heterocycles. The molecule has 0 saturated carbocycles. The fourth-order valence-corrected chi connectivity index (χ4v) is 5.68. The first-order chi connectivity index (χ1) is 18.6. The van der Waals surface area contributed by atoms with Crippen LogP contribution in [-0.2, 0) is 6.54 Å². The van der Waals surface area contributed by atoms with Crippen LogP contribution in [0.4, 0.5) is 11.4 Å². The van der Waals surface area contributed by atoms with Gasteiger partial charge in [0.15, 0.2) is 0 Å². The summed E-state index contributed by atoms with van der Waals surface area (Å²) in [6.45, 7) is 4.79. The van der Waals surface area contributed by atoms with Crippen molar-refractivity contribution in [3.05, 3.63) is 118 Å². The standard InChI is InChI=1S/C32H27N5O/c33-30-26-13-12-24(19-28(26)34-31(30)29-25-8-2-1-3-9-27(25)35-32(29)38)37-16-14-36(15-17-37)20-21-10-11-22-6-4-5-7-23(22)18-21/h1-13,18-19,33H,14-17,20H2,(H,35,38). The van der Waals surface area contributed by atoms with E-state index in [1.807, 2.05) is 36.4 Å². The number of piperazine rings is 1. The van der Waals surface area contributed by atoms with E-state index in [1.54, 1.807) is 0 Å². The fraction of sp³-hybridized carbons (Fsp3) is 0.156. The number of aromatic amines is 1. The van der Waals surface area contributed by atoms with Gasteiger partial charge in [-0.2, -0.15) is 0 Å². The maximum absolute atomic E-state index is 12.8. The minimum absolute atomic E-state index is 0.203. The minimum atomic E-state index is -0.203. The van der Waals surface area contributed by atoms with E-state index in [9.17, 15) is 4.79 Å². The summed E-state index contributed by atoms with van der Waals surface area (Å²) in [6, 6.07) is 30.9. The lowest BCUT2D eigenvalue weighted by molar-refractivity contribution is 0.250. The maximum Gasteiger partial charge on any atom is 0.258 e. The molecule has 6 heteroatoms. The summed E-state index contributed by atoms with van der Waals surface area (Å²) in [6.07, 6.45) is 0. The number of fused-ring (bicyclic) bond motifs is 3. The van der Waals surface area contributed by atoms with Gasteiger partial charge in [0.1, 0.15) is 5.71 Å². The SMILES string of the molecule is N=C1C(c2c3cccccc-3[nH]c2=O)=Nc2cc(N3CCN(Cc4ccc5ccccc5c4)CC3)ccc21. The van der Waals surface area contributed by atoms with Crippen molar-refractivity contribution in [2.75, 3.05) is 31.1 Å². The van der Waals surface area contributed by atoms with E-state index in [2.05, 4.69) is 69.4 Å². The lowest BCUT2D eigenvalue weighted by Crippen LogP contribution is -2.45. The number of rotatable bonds is 4. The van der Waals surface area contributed by atoms with Crippen LogP contribution in [0.15, 0.2) is 101 Å². The van der Waals surface area contributed by atoms with Crippen LogP contribution in [0.1, 0.15) is 16.7 Å². The summed E-state index contributed by atoms with van der Waals surface area (Å²) in [5.41, 5.74) is 6.55. The summed E-state index contributed by atoms with van der Waals surface area (Å²) in [5, 5.41) is 11.3. The molecule has 0 bridgehead atoms. The number of hydrogen-bond acceptors (Lipinski definition) is 5. The fourth-order valence-electron chi connectivity index (χ4n) is 5.68. The summed E-state index contributed by atoms with van der Waals surface area (Å²) >= 11 is 0. The summed E-state index contributed by atoms with van der Waals surface area (Å²) in [7, 11) is 0. The van der Waals surface area contributed by atoms with Crippen molar-refractivity contribution in [3.8, 4) is 11.3 Å². The Labute approximate surface area is 220 Å². The second-order valence-corrected chi connectivity index (χ2v) is 10.0. The molecule has 0 amide bonds. The molecule has 1 saturated heterocycles. The second kappa shape index (κ2) is 9.08. The number of nitrogens with one attached hydrogen (secondary N) is 2. The first kappa shape index (κ1) is 22.6. The molecule has 0 aromatic heterocycles. The largest absolute Gasteiger partial charge is 0.369 e. The van der Waals surface area contributed by atoms with Crippen LogP contribution >= 0.6 is 0 Å². The Morgan fingerprint density at radius 3 is 2.45 bits per heavy atom. The van der Waals surface area contributed by atoms with Gasteiger partial charge in [0, 0.05) is 55.2 Å². The highest BCUT2D eigenvalue weighted by atomic mass is 16.1. The Balaban J connectivity index is 1.09. The van der Waals surface area contributed by atoms with Crippen LogP contribution in [0.2, 0.25) is 0 Å². The molecule has 7 rings (SSSR count). The highest BCUT2D eigenvalue weighted by Gasteiger charge is 2.29. The Bertz CT molecular complexity index is 1760. The molecule has 4 aliphatic rings. The van der Waals surface area contributed by atoms with Gasteiger partial charge in [-0.1, -0.05) is 60.7 Å². The lowest BCUT2D eigenvalue weighted by atomic mass is 9.99. The van der Waals surface area contributed by atoms with Crippen molar-refractivity contribution in [2.45, 2.75) is 6.54 Å². The van der Waals surface area contributed by atoms with E-state index in [1.165, 1.54) is 16.3 Å². The number of aliphatic imine (C=N–C) groups is 1. The van der Waals surface area contributed by atoms with Gasteiger partial charge in [0.25, 0.3) is 5.56 Å². The average molecular weight is 498 g/mol. The first-order valence-electron chi connectivity index (χ1n) is 13.0. The van der Waals surface area contributed by atoms with E-state index < -0.39 is 0 Å². The Kier molecular flexibility index (Phi) is 5.41. The van der Waals surface area contributed by atoms with E-state index in [0.717, 1.165) is 60.9 Å². The van der Waals surface area contributed by atoms with Gasteiger partial charge in [-0.25, -0.2) is 4.99 Å². The van der Waals surface area contributed by atoms with Gasteiger partial charge in [0.05, 0.1) is 17.0 Å². The molecule has 2 N–H and O–H groups in total. The van der Waals surface area contributed by atoms with E-state index >= 15 is 0 Å². The number of benzene rings is 3. The zero-order valence-corrected chi connectivity index (χ0v) is 20.9. The molecule has 0 spiro atoms. The molecule has 3 aromatic rings. The summed E-state index contributed by atoms with van der Waals surface area (Å²) < 4.78 is 0. The van der Waals surface area contributed by atoms with Gasteiger partial charge in [-0.15, -0.1) is 0 Å². The molecule has 1 aliphatic carbocycles. The molecular formula is C32H27N5O. The molecule has 6 nitrogen and oxygen atoms in total. The molecular weight excluding hydrogens is 470 g/mol. The van der Waals surface area contributed by atoms with Gasteiger partial charge in [0.2, 0.25) is 0 Å². The number of anilines is 1. The van der Waals surface area contributed by atoms with Crippen molar-refractivity contribution < 1.29 is 0 Å². The van der Waals surface area contributed by atoms with Crippen LogP contribution in [-0.4, -0.2) is 47.5 Å². The highest BCUT2D eigenvalue weighted by Crippen LogP contribution is 2.35. The Morgan fingerprint density at radius 1 is 0.789 bits per heavy atom. The zero-order valence-electron chi connectivity index (χ0n) is 20.9. The third kappa shape index (κ3) is 3.90. The maximum atomic E-state index is 12.8. The number of nitrogens with zero attached hydrogens (tertiary/aromatic N) is 3. The van der Waals surface area contributed by atoms with Gasteiger partial charge in [-0.05, 0) is 46.7 Å². The molecule has 0 unspecified atom stereocenters. The molecule has 0 radical (unpaired) electrons. The number of H-pyrrole nitrogens is 1. The zero-order chi connectivity index (χ0) is 25.6. The number of hydrogen-bond donors (Lipinski definition) is 2. The molecule has 0 atom stereocenters. The predicted octanol–water partition coefficient (Wildman–Crippen LogP) is 5.46. The average Bonchev–Trinajstić information content (AvgIpc) is 3.32. The monoisotopic (exact) mass is 497 g/mol. The van der Waals surface area contributed by atoms with E-state index in [0.29, 0.717) is 17.0 Å². The minimum Gasteiger partial charge on any atom is -0.369 e. The van der Waals surface area contributed by atoms with Crippen LogP contribution in [0.25, 0.3) is 22.0 Å². The third-order valence-electron chi connectivity index (χ3n) is 7.70. The Hall–Kier alpha value is -4.55. The normalized spacial score (nSPS) is 15.7. The Morgan fingerprint density at radius 2 is 1.58 bits per heavy atom. The molecule has 38 heavy (non-hydrogen) atoms. The van der Waals surface area contributed by atoms with Crippen molar-refractivity contribution in [2.24, 2.45) is 4.99 Å². The van der Waals surface area contributed by atoms with Gasteiger partial charge in [-0.3, -0.25) is 15.1 Å². The topological polar surface area (TPSA) is 75.5 Å². The highest BCUT2D eigenvalue weighted by molar-refractivity contribution is 6.56. The first-order valence-corrected chi connectivity index (χ1v) is 13.0. The van der Waals surface area contributed by atoms with Crippen LogP contribution in [0.5, 0.6) is 0 Å². The molecule has 1 fully saturated rings. The summed E-state index contributed by atoms with van der Waals surface area (Å²) in [4.78, 5) is 25.4. The van der Waals surface area contributed by atoms with Crippen LogP contribution < -0.4 is 10.5 Å². The van der Waals surface area contributed by atoms with Crippen LogP contribution in [0.3, 0.4) is 0 Å². The van der Waals surface area contributed by atoms with E-state index in [-0.39, 0.29) is 5.56 Å². The summed E-state index contributed by atoms with van der Waals surface area (Å²) in [5.74, 6) is 0. The predicted molar refractivity (Wildman–Crippen MR) is 155 cm³/mol. The molecule has 3 aromatic carbocycles. The van der Waals surface area contributed by atoms with Gasteiger partial charge < -0.3 is 9.88 Å². The second-order valence-electron chi connectivity index (χ2n) is 10.0. The van der Waals surface area contributed by atoms with Crippen molar-refractivity contribution in [3.63, 3.8) is 0 Å². The van der Waals surface area contributed by atoms with Crippen molar-refractivity contribution >= 4 is 33.6 Å². The molecule has 186 valence electrons. The van der Waals surface area contributed by atoms with Gasteiger partial charge >= 0.3 is 0 Å². The number of aromatic nitrogens is 1. The van der Waals surface area contributed by atoms with Crippen molar-refractivity contribution in [1.82, 2.24) is 9.88 Å².